The smallest absolute Gasteiger partial charge is 0.250 e. The van der Waals surface area contributed by atoms with E-state index in [0.29, 0.717) is 19.8 Å². The fraction of sp³-hybridized carbons (Fsp3) is 0.368. The predicted octanol–water partition coefficient (Wildman–Crippen LogP) is 1.98. The Hall–Kier alpha value is -2.76. The van der Waals surface area contributed by atoms with Crippen molar-refractivity contribution < 1.29 is 14.3 Å². The van der Waals surface area contributed by atoms with Gasteiger partial charge in [0.05, 0.1) is 6.04 Å². The van der Waals surface area contributed by atoms with Gasteiger partial charge in [-0.3, -0.25) is 9.59 Å². The minimum Gasteiger partial charge on any atom is -0.486 e. The Kier molecular flexibility index (Phi) is 4.17. The molecule has 2 aliphatic heterocycles. The molecule has 4 rings (SSSR count). The van der Waals surface area contributed by atoms with Crippen LogP contribution in [-0.2, 0) is 11.3 Å². The number of hydrogen-bond acceptors (Lipinski definition) is 4. The first kappa shape index (κ1) is 15.7. The van der Waals surface area contributed by atoms with Crippen molar-refractivity contribution in [3.63, 3.8) is 0 Å². The molecule has 2 aromatic rings. The van der Waals surface area contributed by atoms with Crippen molar-refractivity contribution in [2.24, 2.45) is 0 Å². The van der Waals surface area contributed by atoms with E-state index >= 15 is 0 Å². The maximum atomic E-state index is 12.7. The summed E-state index contributed by atoms with van der Waals surface area (Å²) in [5.74, 6) is 1.45. The van der Waals surface area contributed by atoms with Crippen LogP contribution in [0.25, 0.3) is 0 Å². The van der Waals surface area contributed by atoms with E-state index in [1.54, 1.807) is 18.3 Å². The quantitative estimate of drug-likeness (QED) is 0.857. The first-order valence-corrected chi connectivity index (χ1v) is 8.57. The average molecular weight is 340 g/mol. The molecule has 6 heteroatoms. The lowest BCUT2D eigenvalue weighted by molar-refractivity contribution is -0.132. The molecule has 1 atom stereocenters. The van der Waals surface area contributed by atoms with Gasteiger partial charge in [0.2, 0.25) is 5.91 Å². The molecular formula is C19H20N2O4. The summed E-state index contributed by atoms with van der Waals surface area (Å²) in [5, 5.41) is 0. The van der Waals surface area contributed by atoms with Crippen LogP contribution in [0, 0.1) is 0 Å². The molecule has 3 heterocycles. The number of amides is 1. The van der Waals surface area contributed by atoms with Crippen LogP contribution in [0.2, 0.25) is 0 Å². The van der Waals surface area contributed by atoms with Crippen LogP contribution >= 0.6 is 0 Å². The summed E-state index contributed by atoms with van der Waals surface area (Å²) >= 11 is 0. The lowest BCUT2D eigenvalue weighted by Gasteiger charge is -2.27. The summed E-state index contributed by atoms with van der Waals surface area (Å²) in [4.78, 5) is 26.5. The van der Waals surface area contributed by atoms with E-state index in [4.69, 9.17) is 9.47 Å². The van der Waals surface area contributed by atoms with E-state index in [-0.39, 0.29) is 24.1 Å². The molecule has 0 spiro atoms. The van der Waals surface area contributed by atoms with Crippen LogP contribution in [0.1, 0.15) is 24.4 Å². The van der Waals surface area contributed by atoms with Gasteiger partial charge in [0, 0.05) is 18.8 Å². The molecular weight excluding hydrogens is 320 g/mol. The zero-order chi connectivity index (χ0) is 17.2. The fourth-order valence-corrected chi connectivity index (χ4v) is 3.51. The summed E-state index contributed by atoms with van der Waals surface area (Å²) in [6, 6.07) is 10.8. The van der Waals surface area contributed by atoms with Crippen molar-refractivity contribution in [3.05, 3.63) is 58.5 Å². The molecule has 1 saturated heterocycles. The number of hydrogen-bond donors (Lipinski definition) is 0. The maximum Gasteiger partial charge on any atom is 0.250 e. The molecule has 1 amide bonds. The van der Waals surface area contributed by atoms with E-state index in [9.17, 15) is 9.59 Å². The number of fused-ring (bicyclic) bond motifs is 1. The standard InChI is InChI=1S/C19H20N2O4/c22-18-5-1-2-8-20(18)13-19(23)21-9-3-4-15(21)14-6-7-16-17(12-14)25-11-10-24-16/h1-2,5-8,12,15H,3-4,9-11,13H2/t15-/m0/s1. The third kappa shape index (κ3) is 3.12. The van der Waals surface area contributed by atoms with E-state index in [1.165, 1.54) is 10.6 Å². The number of carbonyl (C=O) groups is 1. The fourth-order valence-electron chi connectivity index (χ4n) is 3.51. The van der Waals surface area contributed by atoms with Gasteiger partial charge in [-0.2, -0.15) is 0 Å². The highest BCUT2D eigenvalue weighted by molar-refractivity contribution is 5.77. The second kappa shape index (κ2) is 6.63. The Balaban J connectivity index is 1.55. The summed E-state index contributed by atoms with van der Waals surface area (Å²) in [5.41, 5.74) is 0.890. The van der Waals surface area contributed by atoms with Gasteiger partial charge in [0.1, 0.15) is 19.8 Å². The number of aromatic nitrogens is 1. The molecule has 0 bridgehead atoms. The number of rotatable bonds is 3. The maximum absolute atomic E-state index is 12.7. The largest absolute Gasteiger partial charge is 0.486 e. The van der Waals surface area contributed by atoms with Crippen molar-refractivity contribution in [2.45, 2.75) is 25.4 Å². The third-order valence-corrected chi connectivity index (χ3v) is 4.73. The molecule has 0 aliphatic carbocycles. The molecule has 130 valence electrons. The van der Waals surface area contributed by atoms with Gasteiger partial charge in [-0.05, 0) is 36.6 Å². The summed E-state index contributed by atoms with van der Waals surface area (Å²) < 4.78 is 12.7. The highest BCUT2D eigenvalue weighted by Crippen LogP contribution is 2.38. The van der Waals surface area contributed by atoms with E-state index in [2.05, 4.69) is 0 Å². The molecule has 0 saturated carbocycles. The normalized spacial score (nSPS) is 19.0. The molecule has 1 aromatic carbocycles. The molecule has 6 nitrogen and oxygen atoms in total. The number of nitrogens with zero attached hydrogens (tertiary/aromatic N) is 2. The van der Waals surface area contributed by atoms with E-state index < -0.39 is 0 Å². The van der Waals surface area contributed by atoms with Crippen molar-refractivity contribution in [3.8, 4) is 11.5 Å². The zero-order valence-corrected chi connectivity index (χ0v) is 13.9. The molecule has 1 fully saturated rings. The Morgan fingerprint density at radius 2 is 1.96 bits per heavy atom. The zero-order valence-electron chi connectivity index (χ0n) is 13.9. The van der Waals surface area contributed by atoms with Crippen LogP contribution in [0.3, 0.4) is 0 Å². The van der Waals surface area contributed by atoms with Gasteiger partial charge in [0.25, 0.3) is 5.56 Å². The molecule has 2 aliphatic rings. The lowest BCUT2D eigenvalue weighted by atomic mass is 10.0. The van der Waals surface area contributed by atoms with Gasteiger partial charge in [-0.15, -0.1) is 0 Å². The Bertz CT molecular complexity index is 845. The van der Waals surface area contributed by atoms with Gasteiger partial charge in [-0.1, -0.05) is 12.1 Å². The number of pyridine rings is 1. The molecule has 1 aromatic heterocycles. The van der Waals surface area contributed by atoms with Gasteiger partial charge in [-0.25, -0.2) is 0 Å². The van der Waals surface area contributed by atoms with Crippen molar-refractivity contribution in [2.75, 3.05) is 19.8 Å². The SMILES string of the molecule is O=C(Cn1ccccc1=O)N1CCC[C@H]1c1ccc2c(c1)OCCO2. The second-order valence-electron chi connectivity index (χ2n) is 6.32. The molecule has 0 N–H and O–H groups in total. The van der Waals surface area contributed by atoms with Crippen molar-refractivity contribution >= 4 is 5.91 Å². The number of benzene rings is 1. The monoisotopic (exact) mass is 340 g/mol. The van der Waals surface area contributed by atoms with Crippen LogP contribution in [0.15, 0.2) is 47.4 Å². The Morgan fingerprint density at radius 3 is 2.80 bits per heavy atom. The molecule has 25 heavy (non-hydrogen) atoms. The van der Waals surface area contributed by atoms with Crippen LogP contribution in [0.4, 0.5) is 0 Å². The average Bonchev–Trinajstić information content (AvgIpc) is 3.13. The number of ether oxygens (including phenoxy) is 2. The third-order valence-electron chi connectivity index (χ3n) is 4.73. The van der Waals surface area contributed by atoms with Gasteiger partial charge >= 0.3 is 0 Å². The highest BCUT2D eigenvalue weighted by atomic mass is 16.6. The molecule has 0 unspecified atom stereocenters. The summed E-state index contributed by atoms with van der Waals surface area (Å²) in [7, 11) is 0. The number of likely N-dealkylation sites (tertiary alicyclic amines) is 1. The van der Waals surface area contributed by atoms with Crippen molar-refractivity contribution in [1.29, 1.82) is 0 Å². The van der Waals surface area contributed by atoms with E-state index in [1.807, 2.05) is 23.1 Å². The Labute approximate surface area is 145 Å². The summed E-state index contributed by atoms with van der Waals surface area (Å²) in [6.45, 7) is 1.88. The minimum absolute atomic E-state index is 0.0164. The van der Waals surface area contributed by atoms with Crippen LogP contribution in [0.5, 0.6) is 11.5 Å². The first-order valence-electron chi connectivity index (χ1n) is 8.57. The predicted molar refractivity (Wildman–Crippen MR) is 91.8 cm³/mol. The minimum atomic E-state index is -0.161. The van der Waals surface area contributed by atoms with E-state index in [0.717, 1.165) is 29.9 Å². The summed E-state index contributed by atoms with van der Waals surface area (Å²) in [6.07, 6.45) is 3.51. The topological polar surface area (TPSA) is 60.8 Å². The highest BCUT2D eigenvalue weighted by Gasteiger charge is 2.30. The lowest BCUT2D eigenvalue weighted by Crippen LogP contribution is -2.35. The van der Waals surface area contributed by atoms with Crippen LogP contribution < -0.4 is 15.0 Å². The second-order valence-corrected chi connectivity index (χ2v) is 6.32. The van der Waals surface area contributed by atoms with Gasteiger partial charge < -0.3 is 18.9 Å². The van der Waals surface area contributed by atoms with Crippen LogP contribution in [-0.4, -0.2) is 35.1 Å². The van der Waals surface area contributed by atoms with Crippen molar-refractivity contribution in [1.82, 2.24) is 9.47 Å². The molecule has 0 radical (unpaired) electrons. The Morgan fingerprint density at radius 1 is 1.12 bits per heavy atom. The first-order chi connectivity index (χ1) is 12.2. The number of carbonyl (C=O) groups excluding carboxylic acids is 1. The van der Waals surface area contributed by atoms with Gasteiger partial charge in [0.15, 0.2) is 11.5 Å².